The minimum Gasteiger partial charge on any atom is -0.394 e. The van der Waals surface area contributed by atoms with E-state index in [1.165, 1.54) is 24.3 Å². The van der Waals surface area contributed by atoms with Gasteiger partial charge in [0.15, 0.2) is 0 Å². The topological polar surface area (TPSA) is 102 Å². The van der Waals surface area contributed by atoms with Crippen LogP contribution in [-0.2, 0) is 14.8 Å². The van der Waals surface area contributed by atoms with E-state index in [0.29, 0.717) is 30.8 Å². The van der Waals surface area contributed by atoms with Crippen molar-refractivity contribution in [2.24, 2.45) is 5.73 Å². The highest BCUT2D eigenvalue weighted by Gasteiger charge is 2.33. The van der Waals surface area contributed by atoms with E-state index in [9.17, 15) is 13.5 Å². The van der Waals surface area contributed by atoms with Crippen LogP contribution >= 0.6 is 11.6 Å². The second-order valence-electron chi connectivity index (χ2n) is 5.32. The fourth-order valence-electron chi connectivity index (χ4n) is 2.55. The van der Waals surface area contributed by atoms with E-state index in [0.717, 1.165) is 0 Å². The van der Waals surface area contributed by atoms with Gasteiger partial charge >= 0.3 is 0 Å². The van der Waals surface area contributed by atoms with Crippen LogP contribution in [-0.4, -0.2) is 44.9 Å². The van der Waals surface area contributed by atoms with Gasteiger partial charge in [-0.1, -0.05) is 11.6 Å². The number of sulfonamides is 1. The molecule has 0 unspecified atom stereocenters. The number of nitrogens with one attached hydrogen (secondary N) is 1. The van der Waals surface area contributed by atoms with E-state index in [1.807, 2.05) is 0 Å². The second-order valence-corrected chi connectivity index (χ2v) is 7.47. The Bertz CT molecular complexity index is 579. The minimum atomic E-state index is -3.67. The smallest absolute Gasteiger partial charge is 0.240 e. The molecule has 1 aliphatic heterocycles. The van der Waals surface area contributed by atoms with Gasteiger partial charge in [-0.05, 0) is 50.1 Å². The molecule has 1 heterocycles. The number of benzene rings is 1. The largest absolute Gasteiger partial charge is 0.394 e. The van der Waals surface area contributed by atoms with E-state index in [2.05, 4.69) is 4.72 Å². The lowest BCUT2D eigenvalue weighted by Gasteiger charge is -2.35. The van der Waals surface area contributed by atoms with Crippen molar-refractivity contribution in [1.29, 1.82) is 0 Å². The fraction of sp³-hybridized carbons (Fsp3) is 0.571. The molecule has 3 atom stereocenters. The zero-order valence-electron chi connectivity index (χ0n) is 12.1. The number of aliphatic hydroxyl groups excluding tert-OH is 1. The summed E-state index contributed by atoms with van der Waals surface area (Å²) in [5.74, 6) is 0. The third-order valence-electron chi connectivity index (χ3n) is 3.71. The van der Waals surface area contributed by atoms with Crippen molar-refractivity contribution < 1.29 is 18.3 Å². The van der Waals surface area contributed by atoms with Crippen LogP contribution in [0.1, 0.15) is 19.3 Å². The first kappa shape index (κ1) is 17.7. The maximum atomic E-state index is 12.4. The number of halogens is 1. The van der Waals surface area contributed by atoms with Crippen molar-refractivity contribution >= 4 is 21.6 Å². The van der Waals surface area contributed by atoms with Gasteiger partial charge in [-0.3, -0.25) is 0 Å². The van der Waals surface area contributed by atoms with E-state index in [-0.39, 0.29) is 17.6 Å². The van der Waals surface area contributed by atoms with Crippen molar-refractivity contribution in [2.75, 3.05) is 13.2 Å². The summed E-state index contributed by atoms with van der Waals surface area (Å²) < 4.78 is 33.1. The van der Waals surface area contributed by atoms with Crippen LogP contribution in [0.2, 0.25) is 5.02 Å². The molecule has 1 aromatic carbocycles. The molecule has 0 amide bonds. The van der Waals surface area contributed by atoms with E-state index >= 15 is 0 Å². The summed E-state index contributed by atoms with van der Waals surface area (Å²) in [6, 6.07) is 5.47. The Morgan fingerprint density at radius 3 is 2.59 bits per heavy atom. The molecule has 22 heavy (non-hydrogen) atoms. The van der Waals surface area contributed by atoms with Crippen LogP contribution in [0.15, 0.2) is 29.2 Å². The summed E-state index contributed by atoms with van der Waals surface area (Å²) in [4.78, 5) is 0.137. The molecule has 0 spiro atoms. The third kappa shape index (κ3) is 4.41. The maximum absolute atomic E-state index is 12.4. The average molecular weight is 349 g/mol. The highest BCUT2D eigenvalue weighted by atomic mass is 35.5. The lowest BCUT2D eigenvalue weighted by molar-refractivity contribution is -0.0867. The predicted molar refractivity (Wildman–Crippen MR) is 84.2 cm³/mol. The standard InChI is InChI=1S/C14H21ClN2O4S/c15-10-1-4-12(5-2-10)22(19,20)17-13-6-3-11(7-8-16)21-14(13)9-18/h1-2,4-5,11,13-14,17-18H,3,6-9,16H2/t11-,13+,14-/m1/s1. The molecule has 1 fully saturated rings. The molecule has 2 rings (SSSR count). The first-order valence-electron chi connectivity index (χ1n) is 7.20. The van der Waals surface area contributed by atoms with Gasteiger partial charge in [-0.2, -0.15) is 0 Å². The van der Waals surface area contributed by atoms with Gasteiger partial charge in [0.25, 0.3) is 0 Å². The van der Waals surface area contributed by atoms with Crippen molar-refractivity contribution in [1.82, 2.24) is 4.72 Å². The summed E-state index contributed by atoms with van der Waals surface area (Å²) in [7, 11) is -3.67. The first-order valence-corrected chi connectivity index (χ1v) is 9.06. The van der Waals surface area contributed by atoms with E-state index in [1.54, 1.807) is 0 Å². The minimum absolute atomic E-state index is 0.0292. The van der Waals surface area contributed by atoms with Crippen LogP contribution in [0.3, 0.4) is 0 Å². The molecule has 0 saturated carbocycles. The van der Waals surface area contributed by atoms with Crippen molar-refractivity contribution in [2.45, 2.75) is 42.4 Å². The van der Waals surface area contributed by atoms with Crippen LogP contribution in [0.5, 0.6) is 0 Å². The highest BCUT2D eigenvalue weighted by Crippen LogP contribution is 2.23. The predicted octanol–water partition coefficient (Wildman–Crippen LogP) is 0.876. The number of aliphatic hydroxyl groups is 1. The summed E-state index contributed by atoms with van der Waals surface area (Å²) in [5, 5.41) is 9.91. The maximum Gasteiger partial charge on any atom is 0.240 e. The van der Waals surface area contributed by atoms with Gasteiger partial charge in [-0.25, -0.2) is 13.1 Å². The molecular formula is C14H21ClN2O4S. The summed E-state index contributed by atoms with van der Waals surface area (Å²) in [6.45, 7) is 0.263. The summed E-state index contributed by atoms with van der Waals surface area (Å²) in [5.41, 5.74) is 5.51. The Kier molecular flexibility index (Phi) is 6.19. The Labute approximate surface area is 135 Å². The fourth-order valence-corrected chi connectivity index (χ4v) is 3.97. The van der Waals surface area contributed by atoms with Crippen LogP contribution in [0.25, 0.3) is 0 Å². The molecule has 1 saturated heterocycles. The quantitative estimate of drug-likeness (QED) is 0.708. The molecule has 6 nitrogen and oxygen atoms in total. The molecule has 1 aliphatic rings. The summed E-state index contributed by atoms with van der Waals surface area (Å²) >= 11 is 5.77. The zero-order valence-corrected chi connectivity index (χ0v) is 13.7. The second kappa shape index (κ2) is 7.72. The Morgan fingerprint density at radius 2 is 2.00 bits per heavy atom. The van der Waals surface area contributed by atoms with Gasteiger partial charge in [-0.15, -0.1) is 0 Å². The zero-order chi connectivity index (χ0) is 16.2. The van der Waals surface area contributed by atoms with Gasteiger partial charge < -0.3 is 15.6 Å². The molecule has 0 aromatic heterocycles. The number of hydrogen-bond donors (Lipinski definition) is 3. The lowest BCUT2D eigenvalue weighted by Crippen LogP contribution is -2.51. The van der Waals surface area contributed by atoms with Crippen molar-refractivity contribution in [3.8, 4) is 0 Å². The number of rotatable bonds is 6. The van der Waals surface area contributed by atoms with Gasteiger partial charge in [0.05, 0.1) is 29.8 Å². The van der Waals surface area contributed by atoms with E-state index < -0.39 is 22.2 Å². The normalized spacial score (nSPS) is 26.0. The van der Waals surface area contributed by atoms with Crippen LogP contribution in [0.4, 0.5) is 0 Å². The third-order valence-corrected chi connectivity index (χ3v) is 5.47. The summed E-state index contributed by atoms with van der Waals surface area (Å²) in [6.07, 6.45) is 1.42. The Morgan fingerprint density at radius 1 is 1.32 bits per heavy atom. The number of nitrogens with two attached hydrogens (primary N) is 1. The van der Waals surface area contributed by atoms with Crippen LogP contribution in [0, 0.1) is 0 Å². The Hall–Kier alpha value is -0.700. The lowest BCUT2D eigenvalue weighted by atomic mass is 9.98. The highest BCUT2D eigenvalue weighted by molar-refractivity contribution is 7.89. The van der Waals surface area contributed by atoms with Crippen molar-refractivity contribution in [3.05, 3.63) is 29.3 Å². The molecule has 1 aromatic rings. The first-order chi connectivity index (χ1) is 10.5. The molecular weight excluding hydrogens is 328 g/mol. The van der Waals surface area contributed by atoms with Gasteiger partial charge in [0.1, 0.15) is 0 Å². The monoisotopic (exact) mass is 348 g/mol. The van der Waals surface area contributed by atoms with E-state index in [4.69, 9.17) is 22.1 Å². The molecule has 4 N–H and O–H groups in total. The number of hydrogen-bond acceptors (Lipinski definition) is 5. The molecule has 124 valence electrons. The van der Waals surface area contributed by atoms with Gasteiger partial charge in [0, 0.05) is 5.02 Å². The molecule has 0 bridgehead atoms. The molecule has 0 aliphatic carbocycles. The average Bonchev–Trinajstić information content (AvgIpc) is 2.49. The molecule has 0 radical (unpaired) electrons. The Balaban J connectivity index is 2.07. The number of ether oxygens (including phenoxy) is 1. The van der Waals surface area contributed by atoms with Gasteiger partial charge in [0.2, 0.25) is 10.0 Å². The van der Waals surface area contributed by atoms with Crippen LogP contribution < -0.4 is 10.5 Å². The SMILES string of the molecule is NCC[C@H]1CC[C@H](NS(=O)(=O)c2ccc(Cl)cc2)[C@@H](CO)O1. The van der Waals surface area contributed by atoms with Crippen molar-refractivity contribution in [3.63, 3.8) is 0 Å². The molecule has 8 heteroatoms.